The Morgan fingerprint density at radius 2 is 2.00 bits per heavy atom. The number of aldehydes is 1. The molecule has 8 heteroatoms. The van der Waals surface area contributed by atoms with E-state index < -0.39 is 6.10 Å². The van der Waals surface area contributed by atoms with Crippen molar-refractivity contribution >= 4 is 24.4 Å². The summed E-state index contributed by atoms with van der Waals surface area (Å²) in [5, 5.41) is 18.5. The average Bonchev–Trinajstić information content (AvgIpc) is 3.14. The van der Waals surface area contributed by atoms with Crippen molar-refractivity contribution in [1.29, 1.82) is 0 Å². The Kier molecular flexibility index (Phi) is 7.43. The van der Waals surface area contributed by atoms with Gasteiger partial charge in [-0.25, -0.2) is 0 Å². The van der Waals surface area contributed by atoms with Crippen LogP contribution in [0, 0.1) is 0 Å². The van der Waals surface area contributed by atoms with E-state index in [0.717, 1.165) is 49.2 Å². The Bertz CT molecular complexity index is 915. The summed E-state index contributed by atoms with van der Waals surface area (Å²) >= 11 is 0. The van der Waals surface area contributed by atoms with Crippen molar-refractivity contribution in [2.24, 2.45) is 5.73 Å². The van der Waals surface area contributed by atoms with Crippen LogP contribution in [0.5, 0.6) is 11.5 Å². The van der Waals surface area contributed by atoms with Crippen molar-refractivity contribution in [3.8, 4) is 11.5 Å². The third-order valence-electron chi connectivity index (χ3n) is 6.20. The predicted octanol–water partition coefficient (Wildman–Crippen LogP) is 2.04. The second-order valence-electron chi connectivity index (χ2n) is 8.08. The topological polar surface area (TPSA) is 105 Å². The molecule has 2 aliphatic heterocycles. The quantitative estimate of drug-likeness (QED) is 0.556. The number of benzene rings is 2. The van der Waals surface area contributed by atoms with Gasteiger partial charge in [-0.3, -0.25) is 4.79 Å². The van der Waals surface area contributed by atoms with Crippen LogP contribution in [-0.4, -0.2) is 55.5 Å². The summed E-state index contributed by atoms with van der Waals surface area (Å²) in [5.74, 6) is 1.51. The maximum absolute atomic E-state index is 11.6. The summed E-state index contributed by atoms with van der Waals surface area (Å²) in [6, 6.07) is 11.5. The summed E-state index contributed by atoms with van der Waals surface area (Å²) in [4.78, 5) is 13.8. The van der Waals surface area contributed by atoms with Crippen LogP contribution < -0.4 is 20.1 Å². The van der Waals surface area contributed by atoms with Gasteiger partial charge in [0.05, 0.1) is 18.9 Å². The van der Waals surface area contributed by atoms with Gasteiger partial charge in [-0.15, -0.1) is 12.4 Å². The van der Waals surface area contributed by atoms with Crippen LogP contribution in [0.25, 0.3) is 0 Å². The van der Waals surface area contributed by atoms with E-state index >= 15 is 0 Å². The molecule has 0 aliphatic carbocycles. The third-order valence-corrected chi connectivity index (χ3v) is 6.20. The predicted molar refractivity (Wildman–Crippen MR) is 121 cm³/mol. The Labute approximate surface area is 188 Å². The summed E-state index contributed by atoms with van der Waals surface area (Å²) in [7, 11) is 0. The van der Waals surface area contributed by atoms with E-state index in [9.17, 15) is 9.90 Å². The lowest BCUT2D eigenvalue weighted by Crippen LogP contribution is -2.44. The smallest absolute Gasteiger partial charge is 0.152 e. The van der Waals surface area contributed by atoms with E-state index in [1.807, 2.05) is 18.2 Å². The number of fused-ring (bicyclic) bond motifs is 2. The zero-order valence-electron chi connectivity index (χ0n) is 17.3. The molecule has 31 heavy (non-hydrogen) atoms. The van der Waals surface area contributed by atoms with Crippen LogP contribution in [0.15, 0.2) is 36.4 Å². The maximum atomic E-state index is 11.6. The average molecular weight is 449 g/mol. The first-order chi connectivity index (χ1) is 14.6. The van der Waals surface area contributed by atoms with E-state index in [4.69, 9.17) is 20.3 Å². The molecule has 168 valence electrons. The summed E-state index contributed by atoms with van der Waals surface area (Å²) in [6.07, 6.45) is 1.75. The zero-order chi connectivity index (χ0) is 21.1. The molecule has 0 radical (unpaired) electrons. The second-order valence-corrected chi connectivity index (χ2v) is 8.08. The summed E-state index contributed by atoms with van der Waals surface area (Å²) < 4.78 is 11.6. The lowest BCUT2D eigenvalue weighted by molar-refractivity contribution is 0.0536. The largest absolute Gasteiger partial charge is 0.492 e. The van der Waals surface area contributed by atoms with E-state index in [2.05, 4.69) is 11.0 Å². The van der Waals surface area contributed by atoms with Crippen molar-refractivity contribution in [3.05, 3.63) is 53.1 Å². The molecule has 2 aliphatic rings. The number of nitrogens with two attached hydrogens (primary N) is 1. The molecule has 2 aromatic carbocycles. The normalized spacial score (nSPS) is 17.5. The van der Waals surface area contributed by atoms with E-state index in [1.165, 1.54) is 5.56 Å². The number of aliphatic hydroxyl groups excluding tert-OH is 2. The van der Waals surface area contributed by atoms with Gasteiger partial charge in [-0.2, -0.15) is 0 Å². The molecule has 4 rings (SSSR count). The number of hydrogen-bond donors (Lipinski definition) is 3. The third kappa shape index (κ3) is 4.65. The first kappa shape index (κ1) is 23.3. The molecule has 4 N–H and O–H groups in total. The van der Waals surface area contributed by atoms with Gasteiger partial charge in [0.1, 0.15) is 24.2 Å². The molecule has 0 amide bonds. The number of halogens is 1. The van der Waals surface area contributed by atoms with Gasteiger partial charge in [0.25, 0.3) is 0 Å². The van der Waals surface area contributed by atoms with Gasteiger partial charge in [0.15, 0.2) is 6.29 Å². The SMILES string of the molecule is Cl.NCc1ccc2c(c1)C1(CCN(c3cc(OCC(O)CO)ccc3C=O)CC1)CO2. The fraction of sp³-hybridized carbons (Fsp3) is 0.435. The highest BCUT2D eigenvalue weighted by Gasteiger charge is 2.43. The first-order valence-electron chi connectivity index (χ1n) is 10.3. The molecule has 0 saturated carbocycles. The van der Waals surface area contributed by atoms with Gasteiger partial charge in [-0.1, -0.05) is 12.1 Å². The minimum Gasteiger partial charge on any atom is -0.492 e. The highest BCUT2D eigenvalue weighted by atomic mass is 35.5. The van der Waals surface area contributed by atoms with Crippen LogP contribution in [0.4, 0.5) is 5.69 Å². The molecule has 0 aromatic heterocycles. The van der Waals surface area contributed by atoms with Crippen molar-refractivity contribution < 1.29 is 24.5 Å². The monoisotopic (exact) mass is 448 g/mol. The van der Waals surface area contributed by atoms with E-state index in [0.29, 0.717) is 24.5 Å². The van der Waals surface area contributed by atoms with E-state index in [-0.39, 0.29) is 31.0 Å². The van der Waals surface area contributed by atoms with Crippen LogP contribution in [0.3, 0.4) is 0 Å². The Hall–Kier alpha value is -2.32. The number of anilines is 1. The first-order valence-corrected chi connectivity index (χ1v) is 10.3. The van der Waals surface area contributed by atoms with Crippen molar-refractivity contribution in [2.75, 3.05) is 37.8 Å². The number of aliphatic hydroxyl groups is 2. The zero-order valence-corrected chi connectivity index (χ0v) is 18.1. The standard InChI is InChI=1S/C23H28N2O5.ClH/c24-11-16-1-4-22-20(9-16)23(15-30-22)5-7-25(8-6-23)21-10-19(3-2-17(21)12-26)29-14-18(28)13-27;/h1-4,9-10,12,18,27-28H,5-8,11,13-15,24H2;1H. The number of piperidine rings is 1. The molecule has 7 nitrogen and oxygen atoms in total. The van der Waals surface area contributed by atoms with Gasteiger partial charge < -0.3 is 30.3 Å². The fourth-order valence-corrected chi connectivity index (χ4v) is 4.36. The Morgan fingerprint density at radius 1 is 1.23 bits per heavy atom. The highest BCUT2D eigenvalue weighted by molar-refractivity contribution is 5.85. The van der Waals surface area contributed by atoms with Gasteiger partial charge in [0, 0.05) is 42.2 Å². The molecule has 1 saturated heterocycles. The maximum Gasteiger partial charge on any atom is 0.152 e. The minimum absolute atomic E-state index is 0. The number of rotatable bonds is 7. The molecule has 1 spiro atoms. The molecular weight excluding hydrogens is 420 g/mol. The molecule has 1 unspecified atom stereocenters. The molecular formula is C23H29ClN2O5. The lowest BCUT2D eigenvalue weighted by Gasteiger charge is -2.40. The number of carbonyl (C=O) groups excluding carboxylic acids is 1. The second kappa shape index (κ2) is 9.87. The summed E-state index contributed by atoms with van der Waals surface area (Å²) in [6.45, 7) is 2.40. The van der Waals surface area contributed by atoms with Crippen LogP contribution in [0.1, 0.15) is 34.3 Å². The molecule has 1 atom stereocenters. The molecule has 1 fully saturated rings. The highest BCUT2D eigenvalue weighted by Crippen LogP contribution is 2.46. The number of nitrogens with zero attached hydrogens (tertiary/aromatic N) is 1. The number of carbonyl (C=O) groups is 1. The Morgan fingerprint density at radius 3 is 2.68 bits per heavy atom. The lowest BCUT2D eigenvalue weighted by atomic mass is 9.74. The molecule has 2 heterocycles. The molecule has 0 bridgehead atoms. The van der Waals surface area contributed by atoms with Crippen molar-refractivity contribution in [1.82, 2.24) is 0 Å². The van der Waals surface area contributed by atoms with Crippen molar-refractivity contribution in [2.45, 2.75) is 30.9 Å². The van der Waals surface area contributed by atoms with Crippen LogP contribution in [-0.2, 0) is 12.0 Å². The van der Waals surface area contributed by atoms with Gasteiger partial charge in [-0.05, 0) is 36.6 Å². The van der Waals surface area contributed by atoms with Crippen LogP contribution in [0.2, 0.25) is 0 Å². The summed E-state index contributed by atoms with van der Waals surface area (Å²) in [5.41, 5.74) is 9.61. The number of ether oxygens (including phenoxy) is 2. The van der Waals surface area contributed by atoms with Crippen LogP contribution >= 0.6 is 12.4 Å². The van der Waals surface area contributed by atoms with Gasteiger partial charge >= 0.3 is 0 Å². The van der Waals surface area contributed by atoms with Gasteiger partial charge in [0.2, 0.25) is 0 Å². The van der Waals surface area contributed by atoms with Crippen molar-refractivity contribution in [3.63, 3.8) is 0 Å². The van der Waals surface area contributed by atoms with E-state index in [1.54, 1.807) is 12.1 Å². The minimum atomic E-state index is -0.935. The Balaban J connectivity index is 0.00000272. The molecule has 2 aromatic rings. The number of hydrogen-bond acceptors (Lipinski definition) is 7. The fourth-order valence-electron chi connectivity index (χ4n) is 4.36.